The second-order valence-corrected chi connectivity index (χ2v) is 8.31. The van der Waals surface area contributed by atoms with Gasteiger partial charge >= 0.3 is 12.1 Å². The Hall–Kier alpha value is -4.14. The van der Waals surface area contributed by atoms with Crippen molar-refractivity contribution in [1.82, 2.24) is 15.1 Å². The monoisotopic (exact) mass is 446 g/mol. The Kier molecular flexibility index (Phi) is 5.08. The number of benzene rings is 2. The summed E-state index contributed by atoms with van der Waals surface area (Å²) in [5, 5.41) is 18.3. The molecule has 0 saturated heterocycles. The van der Waals surface area contributed by atoms with Gasteiger partial charge in [-0.15, -0.1) is 0 Å². The van der Waals surface area contributed by atoms with Crippen LogP contribution < -0.4 is 10.6 Å². The van der Waals surface area contributed by atoms with Gasteiger partial charge in [-0.2, -0.15) is 5.10 Å². The molecule has 3 N–H and O–H groups in total. The normalized spacial score (nSPS) is 15.3. The number of carbonyl (C=O) groups excluding carboxylic acids is 2. The number of aliphatic carboxylic acids is 1. The van der Waals surface area contributed by atoms with Crippen LogP contribution >= 0.6 is 0 Å². The lowest BCUT2D eigenvalue weighted by Gasteiger charge is -2.14. The summed E-state index contributed by atoms with van der Waals surface area (Å²) in [7, 11) is 0. The van der Waals surface area contributed by atoms with Crippen LogP contribution in [0.25, 0.3) is 11.1 Å². The predicted molar refractivity (Wildman–Crippen MR) is 119 cm³/mol. The molecule has 2 aliphatic rings. The van der Waals surface area contributed by atoms with E-state index in [-0.39, 0.29) is 19.1 Å². The Morgan fingerprint density at radius 3 is 2.30 bits per heavy atom. The first kappa shape index (κ1) is 20.7. The summed E-state index contributed by atoms with van der Waals surface area (Å²) in [5.74, 6) is -1.53. The summed E-state index contributed by atoms with van der Waals surface area (Å²) in [6.07, 6.45) is 3.10. The van der Waals surface area contributed by atoms with Gasteiger partial charge in [0.05, 0.1) is 11.9 Å². The van der Waals surface area contributed by atoms with E-state index in [1.165, 1.54) is 17.1 Å². The molecule has 2 aromatic carbocycles. The summed E-state index contributed by atoms with van der Waals surface area (Å²) in [6, 6.07) is 16.2. The number of aromatic nitrogens is 2. The molecule has 3 aromatic rings. The van der Waals surface area contributed by atoms with Gasteiger partial charge in [0.1, 0.15) is 18.7 Å². The molecule has 0 aliphatic heterocycles. The van der Waals surface area contributed by atoms with Gasteiger partial charge in [-0.1, -0.05) is 48.5 Å². The molecule has 0 unspecified atom stereocenters. The molecule has 0 radical (unpaired) electrons. The second-order valence-electron chi connectivity index (χ2n) is 8.31. The van der Waals surface area contributed by atoms with Crippen LogP contribution in [-0.4, -0.2) is 45.0 Å². The number of carbonyl (C=O) groups is 3. The Morgan fingerprint density at radius 2 is 1.70 bits per heavy atom. The van der Waals surface area contributed by atoms with Gasteiger partial charge in [-0.3, -0.25) is 14.8 Å². The maximum Gasteiger partial charge on any atom is 0.411 e. The van der Waals surface area contributed by atoms with Crippen LogP contribution in [0.15, 0.2) is 60.9 Å². The molecular weight excluding hydrogens is 424 g/mol. The van der Waals surface area contributed by atoms with Crippen molar-refractivity contribution in [3.05, 3.63) is 72.1 Å². The zero-order valence-corrected chi connectivity index (χ0v) is 17.7. The summed E-state index contributed by atoms with van der Waals surface area (Å²) in [4.78, 5) is 35.7. The number of nitrogens with zero attached hydrogens (tertiary/aromatic N) is 2. The highest BCUT2D eigenvalue weighted by molar-refractivity contribution is 5.89. The van der Waals surface area contributed by atoms with Gasteiger partial charge in [0.2, 0.25) is 5.91 Å². The lowest BCUT2D eigenvalue weighted by Crippen LogP contribution is -2.44. The van der Waals surface area contributed by atoms with Gasteiger partial charge in [0.25, 0.3) is 0 Å². The molecule has 1 heterocycles. The van der Waals surface area contributed by atoms with E-state index in [2.05, 4.69) is 27.9 Å². The summed E-state index contributed by atoms with van der Waals surface area (Å²) >= 11 is 0. The van der Waals surface area contributed by atoms with Gasteiger partial charge in [-0.05, 0) is 35.1 Å². The maximum atomic E-state index is 12.4. The lowest BCUT2D eigenvalue weighted by molar-refractivity contribution is -0.143. The molecule has 0 bridgehead atoms. The van der Waals surface area contributed by atoms with Crippen molar-refractivity contribution in [2.45, 2.75) is 30.8 Å². The summed E-state index contributed by atoms with van der Waals surface area (Å²) in [6.45, 7) is 0.0368. The fourth-order valence-electron chi connectivity index (χ4n) is 4.24. The molecule has 1 saturated carbocycles. The van der Waals surface area contributed by atoms with E-state index < -0.39 is 23.5 Å². The SMILES string of the molecule is O=C(Cn1cc(NC(=O)OCC2c3ccccc3-c3ccccc32)cn1)NC1(C(=O)O)CC1. The van der Waals surface area contributed by atoms with Gasteiger partial charge < -0.3 is 15.2 Å². The van der Waals surface area contributed by atoms with Crippen LogP contribution in [0.4, 0.5) is 10.5 Å². The zero-order valence-electron chi connectivity index (χ0n) is 17.7. The third-order valence-electron chi connectivity index (χ3n) is 6.07. The van der Waals surface area contributed by atoms with Crippen molar-refractivity contribution in [3.63, 3.8) is 0 Å². The molecule has 33 heavy (non-hydrogen) atoms. The number of rotatable bonds is 7. The fraction of sp³-hybridized carbons (Fsp3) is 0.250. The molecule has 168 valence electrons. The topological polar surface area (TPSA) is 123 Å². The van der Waals surface area contributed by atoms with Crippen molar-refractivity contribution in [1.29, 1.82) is 0 Å². The Morgan fingerprint density at radius 1 is 1.06 bits per heavy atom. The van der Waals surface area contributed by atoms with Crippen molar-refractivity contribution < 1.29 is 24.2 Å². The van der Waals surface area contributed by atoms with E-state index in [9.17, 15) is 14.4 Å². The number of hydrogen-bond donors (Lipinski definition) is 3. The smallest absolute Gasteiger partial charge is 0.411 e. The van der Waals surface area contributed by atoms with Crippen LogP contribution in [0.5, 0.6) is 0 Å². The molecular formula is C24H22N4O5. The molecule has 0 atom stereocenters. The minimum atomic E-state index is -1.15. The van der Waals surface area contributed by atoms with Gasteiger partial charge in [0, 0.05) is 12.1 Å². The predicted octanol–water partition coefficient (Wildman–Crippen LogP) is 2.98. The number of amides is 2. The molecule has 1 aromatic heterocycles. The number of hydrogen-bond acceptors (Lipinski definition) is 5. The van der Waals surface area contributed by atoms with Crippen LogP contribution in [-0.2, 0) is 20.9 Å². The highest BCUT2D eigenvalue weighted by Gasteiger charge is 2.51. The average Bonchev–Trinajstić information content (AvgIpc) is 3.34. The summed E-state index contributed by atoms with van der Waals surface area (Å²) < 4.78 is 6.83. The number of ether oxygens (including phenoxy) is 1. The van der Waals surface area contributed by atoms with Crippen molar-refractivity contribution in [3.8, 4) is 11.1 Å². The highest BCUT2D eigenvalue weighted by Crippen LogP contribution is 2.44. The van der Waals surface area contributed by atoms with Crippen molar-refractivity contribution in [2.24, 2.45) is 0 Å². The number of anilines is 1. The van der Waals surface area contributed by atoms with E-state index in [1.54, 1.807) is 0 Å². The molecule has 9 nitrogen and oxygen atoms in total. The van der Waals surface area contributed by atoms with E-state index in [1.807, 2.05) is 36.4 Å². The standard InChI is InChI=1S/C24H22N4O5/c29-21(27-24(9-10-24)22(30)31)13-28-12-15(11-25-28)26-23(32)33-14-20-18-7-3-1-5-16(18)17-6-2-4-8-19(17)20/h1-8,11-12,20H,9-10,13-14H2,(H,26,32)(H,27,29)(H,30,31). The molecule has 1 fully saturated rings. The summed E-state index contributed by atoms with van der Waals surface area (Å²) in [5.41, 5.74) is 3.78. The van der Waals surface area contributed by atoms with E-state index in [0.29, 0.717) is 18.5 Å². The second kappa shape index (κ2) is 8.09. The van der Waals surface area contributed by atoms with Crippen LogP contribution in [0.2, 0.25) is 0 Å². The quantitative estimate of drug-likeness (QED) is 0.513. The van der Waals surface area contributed by atoms with Crippen LogP contribution in [0.3, 0.4) is 0 Å². The molecule has 5 rings (SSSR count). The third kappa shape index (κ3) is 4.05. The average molecular weight is 446 g/mol. The number of carboxylic acids is 1. The number of nitrogens with one attached hydrogen (secondary N) is 2. The highest BCUT2D eigenvalue weighted by atomic mass is 16.5. The van der Waals surface area contributed by atoms with Crippen LogP contribution in [0, 0.1) is 0 Å². The zero-order chi connectivity index (χ0) is 23.0. The van der Waals surface area contributed by atoms with Crippen LogP contribution in [0.1, 0.15) is 29.9 Å². The van der Waals surface area contributed by atoms with E-state index >= 15 is 0 Å². The first-order chi connectivity index (χ1) is 15.9. The molecule has 9 heteroatoms. The number of fused-ring (bicyclic) bond motifs is 3. The minimum Gasteiger partial charge on any atom is -0.480 e. The maximum absolute atomic E-state index is 12.4. The van der Waals surface area contributed by atoms with Crippen molar-refractivity contribution in [2.75, 3.05) is 11.9 Å². The number of carboxylic acid groups (broad SMARTS) is 1. The Balaban J connectivity index is 1.17. The first-order valence-electron chi connectivity index (χ1n) is 10.6. The Labute approximate surface area is 189 Å². The third-order valence-corrected chi connectivity index (χ3v) is 6.07. The first-order valence-corrected chi connectivity index (χ1v) is 10.6. The Bertz CT molecular complexity index is 1200. The molecule has 2 amide bonds. The van der Waals surface area contributed by atoms with Gasteiger partial charge in [-0.25, -0.2) is 9.59 Å². The van der Waals surface area contributed by atoms with Gasteiger partial charge in [0.15, 0.2) is 0 Å². The molecule has 2 aliphatic carbocycles. The largest absolute Gasteiger partial charge is 0.480 e. The minimum absolute atomic E-state index is 0.0430. The van der Waals surface area contributed by atoms with E-state index in [4.69, 9.17) is 9.84 Å². The fourth-order valence-corrected chi connectivity index (χ4v) is 4.24. The van der Waals surface area contributed by atoms with Crippen molar-refractivity contribution >= 4 is 23.7 Å². The lowest BCUT2D eigenvalue weighted by atomic mass is 9.98. The molecule has 0 spiro atoms. The van der Waals surface area contributed by atoms with E-state index in [0.717, 1.165) is 22.3 Å².